The molecule has 0 heterocycles. The summed E-state index contributed by atoms with van der Waals surface area (Å²) in [5.41, 5.74) is 3.72. The quantitative estimate of drug-likeness (QED) is 0.554. The van der Waals surface area contributed by atoms with Crippen LogP contribution in [0.25, 0.3) is 0 Å². The summed E-state index contributed by atoms with van der Waals surface area (Å²) in [5.74, 6) is -0.764. The van der Waals surface area contributed by atoms with Gasteiger partial charge in [0, 0.05) is 13.5 Å². The SMILES string of the molecule is CC(=O)NCC(=O)ONCCc1ccccc1. The predicted molar refractivity (Wildman–Crippen MR) is 62.9 cm³/mol. The number of carbonyl (C=O) groups excluding carboxylic acids is 2. The zero-order valence-corrected chi connectivity index (χ0v) is 9.73. The Bertz CT molecular complexity index is 365. The third-order valence-corrected chi connectivity index (χ3v) is 2.03. The Morgan fingerprint density at radius 3 is 2.59 bits per heavy atom. The zero-order valence-electron chi connectivity index (χ0n) is 9.73. The van der Waals surface area contributed by atoms with E-state index in [9.17, 15) is 9.59 Å². The second-order valence-corrected chi connectivity index (χ2v) is 3.51. The largest absolute Gasteiger partial charge is 0.369 e. The second-order valence-electron chi connectivity index (χ2n) is 3.51. The minimum Gasteiger partial charge on any atom is -0.369 e. The van der Waals surface area contributed by atoms with Gasteiger partial charge < -0.3 is 10.2 Å². The molecule has 17 heavy (non-hydrogen) atoms. The average molecular weight is 236 g/mol. The summed E-state index contributed by atoms with van der Waals surface area (Å²) in [4.78, 5) is 26.3. The monoisotopic (exact) mass is 236 g/mol. The van der Waals surface area contributed by atoms with Crippen molar-refractivity contribution in [2.24, 2.45) is 0 Å². The van der Waals surface area contributed by atoms with Gasteiger partial charge in [-0.1, -0.05) is 30.3 Å². The van der Waals surface area contributed by atoms with Gasteiger partial charge in [-0.2, -0.15) is 5.48 Å². The Balaban J connectivity index is 2.08. The third-order valence-electron chi connectivity index (χ3n) is 2.03. The van der Waals surface area contributed by atoms with Crippen LogP contribution in [0.15, 0.2) is 30.3 Å². The van der Waals surface area contributed by atoms with Gasteiger partial charge in [-0.15, -0.1) is 0 Å². The number of benzene rings is 1. The maximum Gasteiger partial charge on any atom is 0.344 e. The van der Waals surface area contributed by atoms with E-state index in [2.05, 4.69) is 10.8 Å². The summed E-state index contributed by atoms with van der Waals surface area (Å²) >= 11 is 0. The minimum absolute atomic E-state index is 0.117. The van der Waals surface area contributed by atoms with Crippen LogP contribution in [0.1, 0.15) is 12.5 Å². The highest BCUT2D eigenvalue weighted by atomic mass is 16.7. The molecule has 2 N–H and O–H groups in total. The van der Waals surface area contributed by atoms with Gasteiger partial charge >= 0.3 is 5.97 Å². The number of amides is 1. The molecule has 0 fully saturated rings. The molecule has 0 bridgehead atoms. The summed E-state index contributed by atoms with van der Waals surface area (Å²) in [7, 11) is 0. The summed E-state index contributed by atoms with van der Waals surface area (Å²) in [5, 5.41) is 2.35. The van der Waals surface area contributed by atoms with Gasteiger partial charge in [-0.3, -0.25) is 4.79 Å². The molecule has 0 unspecified atom stereocenters. The van der Waals surface area contributed by atoms with E-state index < -0.39 is 5.97 Å². The van der Waals surface area contributed by atoms with Crippen molar-refractivity contribution in [3.8, 4) is 0 Å². The van der Waals surface area contributed by atoms with Crippen molar-refractivity contribution in [3.63, 3.8) is 0 Å². The summed E-state index contributed by atoms with van der Waals surface area (Å²) in [6, 6.07) is 9.86. The molecule has 1 aromatic carbocycles. The fourth-order valence-electron chi connectivity index (χ4n) is 1.20. The van der Waals surface area contributed by atoms with Crippen molar-refractivity contribution in [2.45, 2.75) is 13.3 Å². The Morgan fingerprint density at radius 1 is 1.24 bits per heavy atom. The number of hydroxylamine groups is 1. The molecule has 1 aromatic rings. The molecule has 0 aromatic heterocycles. The molecule has 0 aliphatic rings. The van der Waals surface area contributed by atoms with Crippen molar-refractivity contribution in [1.29, 1.82) is 0 Å². The molecule has 0 aliphatic carbocycles. The lowest BCUT2D eigenvalue weighted by atomic mass is 10.2. The van der Waals surface area contributed by atoms with Crippen molar-refractivity contribution >= 4 is 11.9 Å². The van der Waals surface area contributed by atoms with Gasteiger partial charge in [0.1, 0.15) is 6.54 Å². The average Bonchev–Trinajstić information content (AvgIpc) is 2.33. The smallest absolute Gasteiger partial charge is 0.344 e. The van der Waals surface area contributed by atoms with E-state index in [1.165, 1.54) is 6.92 Å². The molecular weight excluding hydrogens is 220 g/mol. The number of hydrogen-bond donors (Lipinski definition) is 2. The van der Waals surface area contributed by atoms with Crippen molar-refractivity contribution in [1.82, 2.24) is 10.8 Å². The van der Waals surface area contributed by atoms with Gasteiger partial charge in [-0.25, -0.2) is 4.79 Å². The highest BCUT2D eigenvalue weighted by molar-refractivity contribution is 5.80. The van der Waals surface area contributed by atoms with E-state index in [-0.39, 0.29) is 12.5 Å². The molecule has 0 aliphatic heterocycles. The number of hydrogen-bond acceptors (Lipinski definition) is 4. The highest BCUT2D eigenvalue weighted by Gasteiger charge is 2.02. The second kappa shape index (κ2) is 7.40. The summed E-state index contributed by atoms with van der Waals surface area (Å²) in [6.45, 7) is 1.76. The van der Waals surface area contributed by atoms with Crippen LogP contribution >= 0.6 is 0 Å². The van der Waals surface area contributed by atoms with E-state index in [1.54, 1.807) is 0 Å². The van der Waals surface area contributed by atoms with Crippen LogP contribution in [0, 0.1) is 0 Å². The van der Waals surface area contributed by atoms with Crippen LogP contribution in [0.5, 0.6) is 0 Å². The Morgan fingerprint density at radius 2 is 1.94 bits per heavy atom. The fourth-order valence-corrected chi connectivity index (χ4v) is 1.20. The highest BCUT2D eigenvalue weighted by Crippen LogP contribution is 1.97. The van der Waals surface area contributed by atoms with E-state index in [4.69, 9.17) is 4.84 Å². The van der Waals surface area contributed by atoms with Gasteiger partial charge in [-0.05, 0) is 12.0 Å². The lowest BCUT2D eigenvalue weighted by Crippen LogP contribution is -2.32. The number of carbonyl (C=O) groups is 2. The molecule has 0 spiro atoms. The lowest BCUT2D eigenvalue weighted by molar-refractivity contribution is -0.150. The normalized spacial score (nSPS) is 9.71. The molecule has 0 radical (unpaired) electrons. The fraction of sp³-hybridized carbons (Fsp3) is 0.333. The Kier molecular flexibility index (Phi) is 5.74. The summed E-state index contributed by atoms with van der Waals surface area (Å²) in [6.07, 6.45) is 0.772. The van der Waals surface area contributed by atoms with Gasteiger partial charge in [0.05, 0.1) is 0 Å². The van der Waals surface area contributed by atoms with E-state index in [0.717, 1.165) is 12.0 Å². The van der Waals surface area contributed by atoms with Crippen LogP contribution in [-0.4, -0.2) is 25.0 Å². The van der Waals surface area contributed by atoms with Crippen LogP contribution in [0.3, 0.4) is 0 Å². The van der Waals surface area contributed by atoms with E-state index in [1.807, 2.05) is 30.3 Å². The van der Waals surface area contributed by atoms with E-state index >= 15 is 0 Å². The molecule has 0 saturated carbocycles. The first-order valence-electron chi connectivity index (χ1n) is 5.39. The summed E-state index contributed by atoms with van der Waals surface area (Å²) < 4.78 is 0. The molecule has 1 amide bonds. The molecule has 0 atom stereocenters. The van der Waals surface area contributed by atoms with Crippen molar-refractivity contribution in [3.05, 3.63) is 35.9 Å². The molecule has 0 saturated heterocycles. The molecule has 92 valence electrons. The van der Waals surface area contributed by atoms with Crippen molar-refractivity contribution in [2.75, 3.05) is 13.1 Å². The number of nitrogens with one attached hydrogen (secondary N) is 2. The van der Waals surface area contributed by atoms with Crippen LogP contribution in [0.2, 0.25) is 0 Å². The topological polar surface area (TPSA) is 67.4 Å². The Labute approximate surface area is 100 Å². The first-order valence-corrected chi connectivity index (χ1v) is 5.39. The molecule has 5 nitrogen and oxygen atoms in total. The standard InChI is InChI=1S/C12H16N2O3/c1-10(15)13-9-12(16)17-14-8-7-11-5-3-2-4-6-11/h2-6,14H,7-9H2,1H3,(H,13,15). The minimum atomic E-state index is -0.506. The molecule has 1 rings (SSSR count). The van der Waals surface area contributed by atoms with Crippen molar-refractivity contribution < 1.29 is 14.4 Å². The Hall–Kier alpha value is -1.88. The maximum absolute atomic E-state index is 11.1. The van der Waals surface area contributed by atoms with Gasteiger partial charge in [0.2, 0.25) is 5.91 Å². The van der Waals surface area contributed by atoms with Crippen LogP contribution < -0.4 is 10.8 Å². The predicted octanol–water partition coefficient (Wildman–Crippen LogP) is 0.413. The molecular formula is C12H16N2O3. The van der Waals surface area contributed by atoms with Gasteiger partial charge in [0.25, 0.3) is 0 Å². The van der Waals surface area contributed by atoms with Crippen LogP contribution in [0.4, 0.5) is 0 Å². The first kappa shape index (κ1) is 13.2. The zero-order chi connectivity index (χ0) is 12.5. The maximum atomic E-state index is 11.1. The first-order chi connectivity index (χ1) is 8.18. The lowest BCUT2D eigenvalue weighted by Gasteiger charge is -2.06. The molecule has 5 heteroatoms. The van der Waals surface area contributed by atoms with Gasteiger partial charge in [0.15, 0.2) is 0 Å². The third kappa shape index (κ3) is 6.32. The van der Waals surface area contributed by atoms with Crippen LogP contribution in [-0.2, 0) is 20.8 Å². The number of rotatable bonds is 6. The van der Waals surface area contributed by atoms with E-state index in [0.29, 0.717) is 6.54 Å².